The van der Waals surface area contributed by atoms with E-state index in [2.05, 4.69) is 15.3 Å². The molecule has 1 N–H and O–H groups in total. The van der Waals surface area contributed by atoms with E-state index < -0.39 is 0 Å². The lowest BCUT2D eigenvalue weighted by Crippen LogP contribution is -2.04. The maximum Gasteiger partial charge on any atom is 0.179 e. The highest BCUT2D eigenvalue weighted by atomic mass is 35.5. The molecule has 4 aromatic rings. The van der Waals surface area contributed by atoms with Gasteiger partial charge in [0.15, 0.2) is 11.4 Å². The first-order chi connectivity index (χ1) is 13.6. The molecule has 0 atom stereocenters. The molecule has 5 nitrogen and oxygen atoms in total. The molecule has 0 aliphatic heterocycles. The molecule has 0 saturated carbocycles. The number of nitrogens with one attached hydrogen (secondary N) is 1. The molecule has 3 aromatic heterocycles. The van der Waals surface area contributed by atoms with Gasteiger partial charge in [-0.1, -0.05) is 23.2 Å². The topological polar surface area (TPSA) is 51.5 Å². The van der Waals surface area contributed by atoms with Crippen molar-refractivity contribution in [3.8, 4) is 5.75 Å². The molecule has 0 aliphatic carbocycles. The summed E-state index contributed by atoms with van der Waals surface area (Å²) < 4.78 is 7.94. The number of hydrogen-bond acceptors (Lipinski definition) is 4. The molecular formula is C21H18Cl2N4O. The Labute approximate surface area is 172 Å². The number of rotatable bonds is 6. The van der Waals surface area contributed by atoms with Crippen molar-refractivity contribution in [2.24, 2.45) is 0 Å². The second-order valence-corrected chi connectivity index (χ2v) is 7.16. The summed E-state index contributed by atoms with van der Waals surface area (Å²) in [5.74, 6) is 0.679. The average Bonchev–Trinajstić information content (AvgIpc) is 3.09. The van der Waals surface area contributed by atoms with Gasteiger partial charge in [-0.3, -0.25) is 4.98 Å². The van der Waals surface area contributed by atoms with E-state index in [1.54, 1.807) is 12.4 Å². The summed E-state index contributed by atoms with van der Waals surface area (Å²) in [6.07, 6.45) is 7.41. The summed E-state index contributed by atoms with van der Waals surface area (Å²) >= 11 is 13.0. The summed E-state index contributed by atoms with van der Waals surface area (Å²) in [6, 6.07) is 11.4. The molecule has 0 bridgehead atoms. The zero-order valence-corrected chi connectivity index (χ0v) is 16.7. The summed E-state index contributed by atoms with van der Waals surface area (Å²) in [6.45, 7) is 2.83. The molecule has 0 saturated heterocycles. The standard InChI is InChI=1S/C21H18Cl2N4O/c1-14-12-27-10-2-3-19(21(27)26-14)28-13-16-17(22)4-5-18(20(16)23)25-11-15-6-8-24-9-7-15/h2-10,12,25H,11,13H2,1H3. The van der Waals surface area contributed by atoms with E-state index in [9.17, 15) is 0 Å². The number of aryl methyl sites for hydroxylation is 1. The van der Waals surface area contributed by atoms with E-state index in [4.69, 9.17) is 27.9 Å². The second-order valence-electron chi connectivity index (χ2n) is 6.37. The van der Waals surface area contributed by atoms with Gasteiger partial charge in [0.1, 0.15) is 6.61 Å². The number of fused-ring (bicyclic) bond motifs is 1. The molecule has 3 heterocycles. The van der Waals surface area contributed by atoms with Crippen molar-refractivity contribution in [3.05, 3.63) is 88.1 Å². The van der Waals surface area contributed by atoms with Crippen LogP contribution >= 0.6 is 23.2 Å². The van der Waals surface area contributed by atoms with E-state index in [-0.39, 0.29) is 6.61 Å². The normalized spacial score (nSPS) is 11.0. The molecule has 7 heteroatoms. The molecule has 0 unspecified atom stereocenters. The fraction of sp³-hybridized carbons (Fsp3) is 0.143. The Morgan fingerprint density at radius 3 is 2.75 bits per heavy atom. The SMILES string of the molecule is Cc1cn2cccc(OCc3c(Cl)ccc(NCc4ccncc4)c3Cl)c2n1. The molecule has 0 amide bonds. The minimum absolute atomic E-state index is 0.244. The first-order valence-corrected chi connectivity index (χ1v) is 9.54. The van der Waals surface area contributed by atoms with Crippen LogP contribution in [0.5, 0.6) is 5.75 Å². The van der Waals surface area contributed by atoms with Crippen LogP contribution in [0, 0.1) is 6.92 Å². The van der Waals surface area contributed by atoms with Crippen LogP contribution in [-0.4, -0.2) is 14.4 Å². The van der Waals surface area contributed by atoms with Crippen LogP contribution in [-0.2, 0) is 13.2 Å². The third kappa shape index (κ3) is 3.91. The summed E-state index contributed by atoms with van der Waals surface area (Å²) in [5.41, 5.74) is 4.33. The second kappa shape index (κ2) is 8.09. The van der Waals surface area contributed by atoms with Crippen LogP contribution in [0.15, 0.2) is 61.2 Å². The molecule has 0 fully saturated rings. The van der Waals surface area contributed by atoms with Crippen LogP contribution in [0.1, 0.15) is 16.8 Å². The largest absolute Gasteiger partial charge is 0.485 e. The van der Waals surface area contributed by atoms with Crippen molar-refractivity contribution in [2.45, 2.75) is 20.1 Å². The maximum absolute atomic E-state index is 6.61. The number of pyridine rings is 2. The van der Waals surface area contributed by atoms with Gasteiger partial charge in [-0.2, -0.15) is 0 Å². The number of aromatic nitrogens is 3. The van der Waals surface area contributed by atoms with Crippen LogP contribution in [0.4, 0.5) is 5.69 Å². The maximum atomic E-state index is 6.61. The smallest absolute Gasteiger partial charge is 0.179 e. The number of hydrogen-bond donors (Lipinski definition) is 1. The van der Waals surface area contributed by atoms with Gasteiger partial charge in [0.2, 0.25) is 0 Å². The number of anilines is 1. The van der Waals surface area contributed by atoms with Crippen molar-refractivity contribution in [2.75, 3.05) is 5.32 Å². The Morgan fingerprint density at radius 2 is 1.93 bits per heavy atom. The van der Waals surface area contributed by atoms with Gasteiger partial charge in [-0.25, -0.2) is 4.98 Å². The van der Waals surface area contributed by atoms with Crippen LogP contribution in [0.25, 0.3) is 5.65 Å². The first-order valence-electron chi connectivity index (χ1n) is 8.78. The summed E-state index contributed by atoms with van der Waals surface area (Å²) in [7, 11) is 0. The van der Waals surface area contributed by atoms with Crippen molar-refractivity contribution < 1.29 is 4.74 Å². The Bertz CT molecular complexity index is 1110. The lowest BCUT2D eigenvalue weighted by atomic mass is 10.2. The lowest BCUT2D eigenvalue weighted by Gasteiger charge is -2.14. The van der Waals surface area contributed by atoms with E-state index in [1.165, 1.54) is 0 Å². The van der Waals surface area contributed by atoms with Crippen LogP contribution < -0.4 is 10.1 Å². The van der Waals surface area contributed by atoms with Crippen LogP contribution in [0.2, 0.25) is 10.0 Å². The van der Waals surface area contributed by atoms with Gasteiger partial charge in [-0.15, -0.1) is 0 Å². The molecular weight excluding hydrogens is 395 g/mol. The minimum Gasteiger partial charge on any atom is -0.485 e. The first kappa shape index (κ1) is 18.6. The molecule has 1 aromatic carbocycles. The van der Waals surface area contributed by atoms with Crippen molar-refractivity contribution in [1.82, 2.24) is 14.4 Å². The number of benzene rings is 1. The monoisotopic (exact) mass is 412 g/mol. The summed E-state index contributed by atoms with van der Waals surface area (Å²) in [5, 5.41) is 4.45. The van der Waals surface area contributed by atoms with E-state index in [0.717, 1.165) is 28.2 Å². The van der Waals surface area contributed by atoms with Gasteiger partial charge in [0, 0.05) is 41.9 Å². The zero-order chi connectivity index (χ0) is 19.5. The molecule has 0 spiro atoms. The summed E-state index contributed by atoms with van der Waals surface area (Å²) in [4.78, 5) is 8.53. The number of imidazole rings is 1. The van der Waals surface area contributed by atoms with Gasteiger partial charge < -0.3 is 14.5 Å². The number of ether oxygens (including phenoxy) is 1. The fourth-order valence-corrected chi connectivity index (χ4v) is 3.48. The molecule has 28 heavy (non-hydrogen) atoms. The Hall–Kier alpha value is -2.76. The predicted molar refractivity (Wildman–Crippen MR) is 112 cm³/mol. The molecule has 0 radical (unpaired) electrons. The minimum atomic E-state index is 0.244. The lowest BCUT2D eigenvalue weighted by molar-refractivity contribution is 0.308. The van der Waals surface area contributed by atoms with E-state index >= 15 is 0 Å². The highest BCUT2D eigenvalue weighted by Gasteiger charge is 2.13. The van der Waals surface area contributed by atoms with E-state index in [0.29, 0.717) is 22.3 Å². The van der Waals surface area contributed by atoms with Gasteiger partial charge in [0.25, 0.3) is 0 Å². The van der Waals surface area contributed by atoms with Gasteiger partial charge in [0.05, 0.1) is 16.4 Å². The number of halogens is 2. The molecule has 4 rings (SSSR count). The van der Waals surface area contributed by atoms with Gasteiger partial charge >= 0.3 is 0 Å². The highest BCUT2D eigenvalue weighted by Crippen LogP contribution is 2.33. The highest BCUT2D eigenvalue weighted by molar-refractivity contribution is 6.37. The predicted octanol–water partition coefficient (Wildman–Crippen LogP) is 5.54. The van der Waals surface area contributed by atoms with E-state index in [1.807, 2.05) is 60.1 Å². The van der Waals surface area contributed by atoms with Crippen LogP contribution in [0.3, 0.4) is 0 Å². The Kier molecular flexibility index (Phi) is 5.37. The van der Waals surface area contributed by atoms with Crippen molar-refractivity contribution in [1.29, 1.82) is 0 Å². The quantitative estimate of drug-likeness (QED) is 0.451. The number of nitrogens with zero attached hydrogens (tertiary/aromatic N) is 3. The molecule has 142 valence electrons. The van der Waals surface area contributed by atoms with Gasteiger partial charge in [-0.05, 0) is 48.9 Å². The Balaban J connectivity index is 1.54. The third-order valence-electron chi connectivity index (χ3n) is 4.36. The van der Waals surface area contributed by atoms with Crippen molar-refractivity contribution in [3.63, 3.8) is 0 Å². The van der Waals surface area contributed by atoms with Crippen molar-refractivity contribution >= 4 is 34.5 Å². The Morgan fingerprint density at radius 1 is 1.11 bits per heavy atom. The molecule has 0 aliphatic rings. The zero-order valence-electron chi connectivity index (χ0n) is 15.2. The fourth-order valence-electron chi connectivity index (χ4n) is 2.94. The average molecular weight is 413 g/mol. The third-order valence-corrected chi connectivity index (χ3v) is 5.14.